The summed E-state index contributed by atoms with van der Waals surface area (Å²) in [5.41, 5.74) is 4.32. The fraction of sp³-hybridized carbons (Fsp3) is 0.130. The molecule has 1 fully saturated rings. The number of pyridine rings is 3. The lowest BCUT2D eigenvalue weighted by molar-refractivity contribution is 0.302. The molecule has 0 bridgehead atoms. The number of thiocarbonyl (C=S) groups is 1. The number of hydrogen-bond donors (Lipinski definition) is 1. The molecular weight excluding hydrogens is 392 g/mol. The van der Waals surface area contributed by atoms with E-state index >= 15 is 0 Å². The van der Waals surface area contributed by atoms with Gasteiger partial charge in [0.05, 0.1) is 17.8 Å². The number of hydrogen-bond acceptors (Lipinski definition) is 4. The van der Waals surface area contributed by atoms with Crippen LogP contribution in [0.3, 0.4) is 0 Å². The van der Waals surface area contributed by atoms with Crippen LogP contribution in [0.2, 0.25) is 0 Å². The van der Waals surface area contributed by atoms with E-state index in [1.807, 2.05) is 73.4 Å². The van der Waals surface area contributed by atoms with Gasteiger partial charge in [0, 0.05) is 55.1 Å². The van der Waals surface area contributed by atoms with E-state index in [0.29, 0.717) is 6.54 Å². The maximum absolute atomic E-state index is 5.78. The molecule has 0 saturated carbocycles. The van der Waals surface area contributed by atoms with Gasteiger partial charge in [-0.2, -0.15) is 0 Å². The smallest absolute Gasteiger partial charge is 0.170 e. The third kappa shape index (κ3) is 3.44. The second kappa shape index (κ2) is 8.04. The van der Waals surface area contributed by atoms with E-state index in [1.165, 1.54) is 0 Å². The zero-order valence-electron chi connectivity index (χ0n) is 16.2. The monoisotopic (exact) mass is 412 g/mol. The molecule has 0 radical (unpaired) electrons. The molecule has 4 aromatic rings. The largest absolute Gasteiger partial charge is 0.352 e. The Morgan fingerprint density at radius 2 is 1.63 bits per heavy atom. The number of nitrogens with one attached hydrogen (secondary N) is 1. The van der Waals surface area contributed by atoms with Crippen molar-refractivity contribution >= 4 is 17.3 Å². The van der Waals surface area contributed by atoms with Crippen LogP contribution in [0.1, 0.15) is 29.0 Å². The molecule has 148 valence electrons. The maximum atomic E-state index is 5.78. The highest BCUT2D eigenvalue weighted by Crippen LogP contribution is 2.40. The fourth-order valence-electron chi connectivity index (χ4n) is 3.96. The summed E-state index contributed by atoms with van der Waals surface area (Å²) in [6.07, 6.45) is 11.1. The lowest BCUT2D eigenvalue weighted by Crippen LogP contribution is -2.30. The lowest BCUT2D eigenvalue weighted by Gasteiger charge is -2.29. The molecular formula is C23H20N6S. The van der Waals surface area contributed by atoms with Crippen molar-refractivity contribution in [3.8, 4) is 5.69 Å². The standard InChI is InChI=1S/C23H20N6S/c30-23-27-21(19-4-1-2-10-26-19)22(29(23)16-17-6-11-24-12-7-17)20-5-3-15-28(20)18-8-13-25-14-9-18/h1-15,21-22H,16H2,(H,27,30)/t21-,22-/m1/s1. The average molecular weight is 413 g/mol. The Morgan fingerprint density at radius 3 is 2.37 bits per heavy atom. The molecule has 0 aromatic carbocycles. The van der Waals surface area contributed by atoms with E-state index < -0.39 is 0 Å². The molecule has 1 aliphatic heterocycles. The van der Waals surface area contributed by atoms with Crippen LogP contribution >= 0.6 is 12.2 Å². The van der Waals surface area contributed by atoms with Gasteiger partial charge in [-0.05, 0) is 66.3 Å². The Bertz CT molecular complexity index is 1130. The molecule has 5 heterocycles. The van der Waals surface area contributed by atoms with Crippen molar-refractivity contribution in [2.75, 3.05) is 0 Å². The van der Waals surface area contributed by atoms with E-state index in [2.05, 4.69) is 48.1 Å². The summed E-state index contributed by atoms with van der Waals surface area (Å²) in [4.78, 5) is 15.1. The molecule has 1 N–H and O–H groups in total. The molecule has 6 nitrogen and oxygen atoms in total. The van der Waals surface area contributed by atoms with Crippen LogP contribution < -0.4 is 5.32 Å². The van der Waals surface area contributed by atoms with Crippen LogP contribution in [-0.4, -0.2) is 29.5 Å². The summed E-state index contributed by atoms with van der Waals surface area (Å²) in [7, 11) is 0. The van der Waals surface area contributed by atoms with E-state index in [4.69, 9.17) is 12.2 Å². The Hall–Kier alpha value is -3.58. The molecule has 0 amide bonds. The van der Waals surface area contributed by atoms with Crippen molar-refractivity contribution in [3.05, 3.63) is 109 Å². The highest BCUT2D eigenvalue weighted by molar-refractivity contribution is 7.80. The first-order valence-corrected chi connectivity index (χ1v) is 10.2. The minimum Gasteiger partial charge on any atom is -0.352 e. The first-order valence-electron chi connectivity index (χ1n) is 9.76. The minimum atomic E-state index is -0.0592. The minimum absolute atomic E-state index is 0.0243. The number of aromatic nitrogens is 4. The normalized spacial score (nSPS) is 18.4. The summed E-state index contributed by atoms with van der Waals surface area (Å²) >= 11 is 5.78. The molecule has 30 heavy (non-hydrogen) atoms. The fourth-order valence-corrected chi connectivity index (χ4v) is 4.26. The molecule has 4 aromatic heterocycles. The van der Waals surface area contributed by atoms with E-state index in [1.54, 1.807) is 0 Å². The van der Waals surface area contributed by atoms with Gasteiger partial charge in [-0.3, -0.25) is 15.0 Å². The predicted molar refractivity (Wildman–Crippen MR) is 119 cm³/mol. The molecule has 7 heteroatoms. The van der Waals surface area contributed by atoms with E-state index in [9.17, 15) is 0 Å². The van der Waals surface area contributed by atoms with Gasteiger partial charge in [-0.25, -0.2) is 0 Å². The van der Waals surface area contributed by atoms with Crippen molar-refractivity contribution in [1.82, 2.24) is 29.7 Å². The quantitative estimate of drug-likeness (QED) is 0.503. The molecule has 0 aliphatic carbocycles. The second-order valence-corrected chi connectivity index (χ2v) is 7.51. The first kappa shape index (κ1) is 18.4. The maximum Gasteiger partial charge on any atom is 0.170 e. The third-order valence-corrected chi connectivity index (χ3v) is 5.68. The van der Waals surface area contributed by atoms with Crippen LogP contribution in [0.15, 0.2) is 91.8 Å². The van der Waals surface area contributed by atoms with Crippen molar-refractivity contribution in [2.24, 2.45) is 0 Å². The third-order valence-electron chi connectivity index (χ3n) is 5.32. The predicted octanol–water partition coefficient (Wildman–Crippen LogP) is 3.84. The van der Waals surface area contributed by atoms with Crippen LogP contribution in [0, 0.1) is 0 Å². The van der Waals surface area contributed by atoms with Crippen molar-refractivity contribution in [2.45, 2.75) is 18.6 Å². The molecule has 0 spiro atoms. The lowest BCUT2D eigenvalue weighted by atomic mass is 10.0. The number of rotatable bonds is 5. The number of nitrogens with zero attached hydrogens (tertiary/aromatic N) is 5. The van der Waals surface area contributed by atoms with Crippen molar-refractivity contribution in [3.63, 3.8) is 0 Å². The van der Waals surface area contributed by atoms with E-state index in [0.717, 1.165) is 27.8 Å². The van der Waals surface area contributed by atoms with Crippen LogP contribution in [-0.2, 0) is 6.54 Å². The van der Waals surface area contributed by atoms with Gasteiger partial charge in [-0.15, -0.1) is 0 Å². The van der Waals surface area contributed by atoms with Gasteiger partial charge in [0.1, 0.15) is 0 Å². The summed E-state index contributed by atoms with van der Waals surface area (Å²) in [5.74, 6) is 0. The highest BCUT2D eigenvalue weighted by Gasteiger charge is 2.41. The first-order chi connectivity index (χ1) is 14.8. The van der Waals surface area contributed by atoms with Gasteiger partial charge in [0.2, 0.25) is 0 Å². The summed E-state index contributed by atoms with van der Waals surface area (Å²) < 4.78 is 2.19. The molecule has 0 unspecified atom stereocenters. The van der Waals surface area contributed by atoms with Gasteiger partial charge >= 0.3 is 0 Å². The molecule has 5 rings (SSSR count). The SMILES string of the molecule is S=C1N[C@H](c2ccccn2)[C@@H](c2cccn2-c2ccncc2)N1Cc1ccncc1. The van der Waals surface area contributed by atoms with Crippen molar-refractivity contribution < 1.29 is 0 Å². The highest BCUT2D eigenvalue weighted by atomic mass is 32.1. The second-order valence-electron chi connectivity index (χ2n) is 7.12. The summed E-state index contributed by atoms with van der Waals surface area (Å²) in [6.45, 7) is 0.684. The van der Waals surface area contributed by atoms with Crippen molar-refractivity contribution in [1.29, 1.82) is 0 Å². The van der Waals surface area contributed by atoms with Gasteiger partial charge in [0.25, 0.3) is 0 Å². The Kier molecular flexibility index (Phi) is 4.94. The zero-order valence-corrected chi connectivity index (χ0v) is 17.0. The summed E-state index contributed by atoms with van der Waals surface area (Å²) in [5, 5.41) is 4.23. The Morgan fingerprint density at radius 1 is 0.867 bits per heavy atom. The molecule has 2 atom stereocenters. The van der Waals surface area contributed by atoms with Crippen LogP contribution in [0.25, 0.3) is 5.69 Å². The van der Waals surface area contributed by atoms with Gasteiger partial charge in [-0.1, -0.05) is 6.07 Å². The van der Waals surface area contributed by atoms with E-state index in [-0.39, 0.29) is 12.1 Å². The molecule has 1 saturated heterocycles. The average Bonchev–Trinajstić information content (AvgIpc) is 3.40. The zero-order chi connectivity index (χ0) is 20.3. The van der Waals surface area contributed by atoms with Gasteiger partial charge in [0.15, 0.2) is 5.11 Å². The Labute approximate surface area is 180 Å². The molecule has 1 aliphatic rings. The Balaban J connectivity index is 1.60. The summed E-state index contributed by atoms with van der Waals surface area (Å²) in [6, 6.07) is 18.2. The van der Waals surface area contributed by atoms with Gasteiger partial charge < -0.3 is 14.8 Å². The van der Waals surface area contributed by atoms with Crippen LogP contribution in [0.4, 0.5) is 0 Å². The van der Waals surface area contributed by atoms with Crippen LogP contribution in [0.5, 0.6) is 0 Å². The topological polar surface area (TPSA) is 58.9 Å².